The van der Waals surface area contributed by atoms with Crippen LogP contribution in [0.3, 0.4) is 0 Å². The Morgan fingerprint density at radius 3 is 2.44 bits per heavy atom. The normalized spacial score (nSPS) is 33.0. The van der Waals surface area contributed by atoms with Gasteiger partial charge in [0.15, 0.2) is 0 Å². The van der Waals surface area contributed by atoms with E-state index in [2.05, 4.69) is 20.0 Å². The molecule has 1 fully saturated rings. The molecule has 0 aromatic carbocycles. The van der Waals surface area contributed by atoms with Gasteiger partial charge in [0.1, 0.15) is 0 Å². The molecular formula is C6H14O2Si. The first-order valence-corrected chi connectivity index (χ1v) is 6.27. The first-order chi connectivity index (χ1) is 4.14. The third-order valence-electron chi connectivity index (χ3n) is 1.52. The van der Waals surface area contributed by atoms with Gasteiger partial charge in [0, 0.05) is 0 Å². The zero-order valence-electron chi connectivity index (χ0n) is 6.31. The molecule has 0 aromatic heterocycles. The van der Waals surface area contributed by atoms with Crippen molar-refractivity contribution in [2.24, 2.45) is 0 Å². The Bertz CT molecular complexity index is 103. The Morgan fingerprint density at radius 1 is 1.56 bits per heavy atom. The molecule has 0 saturated carbocycles. The predicted octanol–water partition coefficient (Wildman–Crippen LogP) is 1.51. The molecule has 0 spiro atoms. The Kier molecular flexibility index (Phi) is 1.93. The van der Waals surface area contributed by atoms with Crippen LogP contribution in [0.25, 0.3) is 0 Å². The van der Waals surface area contributed by atoms with Crippen molar-refractivity contribution in [2.75, 3.05) is 6.61 Å². The molecule has 2 nitrogen and oxygen atoms in total. The van der Waals surface area contributed by atoms with E-state index in [1.54, 1.807) is 0 Å². The van der Waals surface area contributed by atoms with Crippen LogP contribution in [0, 0.1) is 0 Å². The van der Waals surface area contributed by atoms with Crippen molar-refractivity contribution >= 4 is 8.56 Å². The van der Waals surface area contributed by atoms with Crippen molar-refractivity contribution < 1.29 is 8.85 Å². The lowest BCUT2D eigenvalue weighted by atomic mass is 10.3. The van der Waals surface area contributed by atoms with E-state index < -0.39 is 8.56 Å². The first-order valence-electron chi connectivity index (χ1n) is 3.46. The van der Waals surface area contributed by atoms with Gasteiger partial charge in [-0.2, -0.15) is 0 Å². The number of hydrogen-bond donors (Lipinski definition) is 0. The topological polar surface area (TPSA) is 18.5 Å². The van der Waals surface area contributed by atoms with E-state index in [-0.39, 0.29) is 0 Å². The highest BCUT2D eigenvalue weighted by atomic mass is 28.4. The Labute approximate surface area is 57.4 Å². The van der Waals surface area contributed by atoms with Crippen LogP contribution in [0.2, 0.25) is 13.1 Å². The molecular weight excluding hydrogens is 132 g/mol. The molecule has 0 bridgehead atoms. The van der Waals surface area contributed by atoms with Crippen molar-refractivity contribution in [2.45, 2.75) is 32.5 Å². The molecule has 1 aliphatic heterocycles. The number of rotatable bonds is 1. The van der Waals surface area contributed by atoms with Gasteiger partial charge in [0.2, 0.25) is 0 Å². The van der Waals surface area contributed by atoms with Crippen LogP contribution < -0.4 is 0 Å². The van der Waals surface area contributed by atoms with Crippen molar-refractivity contribution in [3.05, 3.63) is 0 Å². The fourth-order valence-electron chi connectivity index (χ4n) is 0.964. The van der Waals surface area contributed by atoms with E-state index >= 15 is 0 Å². The van der Waals surface area contributed by atoms with Crippen molar-refractivity contribution in [3.8, 4) is 0 Å². The molecule has 0 radical (unpaired) electrons. The van der Waals surface area contributed by atoms with Crippen molar-refractivity contribution in [1.29, 1.82) is 0 Å². The van der Waals surface area contributed by atoms with Crippen LogP contribution in [-0.2, 0) is 8.85 Å². The van der Waals surface area contributed by atoms with Crippen LogP contribution in [0.1, 0.15) is 13.3 Å². The van der Waals surface area contributed by atoms with Crippen LogP contribution >= 0.6 is 0 Å². The maximum atomic E-state index is 5.61. The molecule has 1 rings (SSSR count). The van der Waals surface area contributed by atoms with Gasteiger partial charge in [0.25, 0.3) is 0 Å². The Hall–Kier alpha value is 0.137. The van der Waals surface area contributed by atoms with Gasteiger partial charge in [0.05, 0.1) is 12.7 Å². The van der Waals surface area contributed by atoms with Gasteiger partial charge in [-0.15, -0.1) is 0 Å². The summed E-state index contributed by atoms with van der Waals surface area (Å²) in [6, 6.07) is 0. The molecule has 0 amide bonds. The fourth-order valence-corrected chi connectivity index (χ4v) is 2.66. The Morgan fingerprint density at radius 2 is 2.22 bits per heavy atom. The highest BCUT2D eigenvalue weighted by Crippen LogP contribution is 2.19. The minimum Gasteiger partial charge on any atom is -0.392 e. The minimum atomic E-state index is -1.62. The van der Waals surface area contributed by atoms with E-state index in [0.717, 1.165) is 13.0 Å². The van der Waals surface area contributed by atoms with Gasteiger partial charge >= 0.3 is 8.56 Å². The lowest BCUT2D eigenvalue weighted by Gasteiger charge is -2.12. The lowest BCUT2D eigenvalue weighted by Crippen LogP contribution is -2.27. The molecule has 1 aliphatic rings. The second kappa shape index (κ2) is 2.40. The second-order valence-corrected chi connectivity index (χ2v) is 6.18. The first kappa shape index (κ1) is 7.25. The monoisotopic (exact) mass is 146 g/mol. The molecule has 1 unspecified atom stereocenters. The summed E-state index contributed by atoms with van der Waals surface area (Å²) < 4.78 is 11.1. The van der Waals surface area contributed by atoms with Gasteiger partial charge in [-0.1, -0.05) is 6.92 Å². The molecule has 0 aliphatic carbocycles. The molecule has 54 valence electrons. The third-order valence-corrected chi connectivity index (χ3v) is 3.29. The maximum Gasteiger partial charge on any atom is 0.332 e. The third kappa shape index (κ3) is 1.78. The largest absolute Gasteiger partial charge is 0.392 e. The molecule has 0 N–H and O–H groups in total. The fraction of sp³-hybridized carbons (Fsp3) is 1.00. The average Bonchev–Trinajstić information content (AvgIpc) is 2.10. The van der Waals surface area contributed by atoms with Crippen molar-refractivity contribution in [1.82, 2.24) is 0 Å². The zero-order chi connectivity index (χ0) is 6.91. The van der Waals surface area contributed by atoms with E-state index in [1.165, 1.54) is 0 Å². The second-order valence-electron chi connectivity index (χ2n) is 2.86. The minimum absolute atomic E-state index is 0.381. The smallest absolute Gasteiger partial charge is 0.332 e. The zero-order valence-corrected chi connectivity index (χ0v) is 7.31. The van der Waals surface area contributed by atoms with E-state index in [4.69, 9.17) is 8.85 Å². The summed E-state index contributed by atoms with van der Waals surface area (Å²) in [4.78, 5) is 0. The quantitative estimate of drug-likeness (QED) is 0.522. The molecule has 3 heteroatoms. The van der Waals surface area contributed by atoms with Crippen LogP contribution in [0.4, 0.5) is 0 Å². The van der Waals surface area contributed by atoms with Gasteiger partial charge in [-0.05, 0) is 19.5 Å². The highest BCUT2D eigenvalue weighted by molar-refractivity contribution is 6.65. The summed E-state index contributed by atoms with van der Waals surface area (Å²) in [5.74, 6) is 0. The van der Waals surface area contributed by atoms with Crippen LogP contribution in [0.5, 0.6) is 0 Å². The van der Waals surface area contributed by atoms with Crippen molar-refractivity contribution in [3.63, 3.8) is 0 Å². The van der Waals surface area contributed by atoms with Gasteiger partial charge in [-0.3, -0.25) is 0 Å². The summed E-state index contributed by atoms with van der Waals surface area (Å²) >= 11 is 0. The maximum absolute atomic E-state index is 5.61. The molecule has 0 aromatic rings. The lowest BCUT2D eigenvalue weighted by molar-refractivity contribution is 0.225. The van der Waals surface area contributed by atoms with Crippen LogP contribution in [-0.4, -0.2) is 21.3 Å². The van der Waals surface area contributed by atoms with E-state index in [1.807, 2.05) is 0 Å². The molecule has 1 atom stereocenters. The van der Waals surface area contributed by atoms with E-state index in [9.17, 15) is 0 Å². The summed E-state index contributed by atoms with van der Waals surface area (Å²) in [5, 5.41) is 0. The summed E-state index contributed by atoms with van der Waals surface area (Å²) in [7, 11) is -1.62. The van der Waals surface area contributed by atoms with Gasteiger partial charge in [-0.25, -0.2) is 0 Å². The highest BCUT2D eigenvalue weighted by Gasteiger charge is 2.34. The van der Waals surface area contributed by atoms with Crippen LogP contribution in [0.15, 0.2) is 0 Å². The molecule has 1 saturated heterocycles. The summed E-state index contributed by atoms with van der Waals surface area (Å²) in [6.45, 7) is 7.12. The summed E-state index contributed by atoms with van der Waals surface area (Å²) in [6.07, 6.45) is 1.46. The van der Waals surface area contributed by atoms with E-state index in [0.29, 0.717) is 6.10 Å². The SMILES string of the molecule is CCC1CO[Si](C)(C)O1. The van der Waals surface area contributed by atoms with Gasteiger partial charge < -0.3 is 8.85 Å². The average molecular weight is 146 g/mol. The molecule has 1 heterocycles. The molecule has 9 heavy (non-hydrogen) atoms. The number of hydrogen-bond acceptors (Lipinski definition) is 2. The summed E-state index contributed by atoms with van der Waals surface area (Å²) in [5.41, 5.74) is 0. The predicted molar refractivity (Wildman–Crippen MR) is 38.6 cm³/mol. The standard InChI is InChI=1S/C6H14O2Si/c1-4-6-5-7-9(2,3)8-6/h6H,4-5H2,1-3H3. The Balaban J connectivity index is 2.38.